The Bertz CT molecular complexity index is 492. The molecule has 1 aromatic heterocycles. The van der Waals surface area contributed by atoms with E-state index < -0.39 is 11.9 Å². The fraction of sp³-hybridized carbons (Fsp3) is 0.200. The number of benzene rings is 1. The Balaban J connectivity index is 2.50. The fourth-order valence-corrected chi connectivity index (χ4v) is 1.48. The van der Waals surface area contributed by atoms with Crippen LogP contribution in [0.3, 0.4) is 0 Å². The second-order valence-corrected chi connectivity index (χ2v) is 3.75. The minimum atomic E-state index is -0.496. The summed E-state index contributed by atoms with van der Waals surface area (Å²) in [5.74, 6) is -0.144. The molecule has 16 heavy (non-hydrogen) atoms. The molecule has 1 atom stereocenters. The number of halogens is 2. The Morgan fingerprint density at radius 1 is 1.50 bits per heavy atom. The van der Waals surface area contributed by atoms with Gasteiger partial charge in [0.2, 0.25) is 11.7 Å². The molecule has 0 saturated carbocycles. The molecule has 0 aliphatic heterocycles. The van der Waals surface area contributed by atoms with Crippen molar-refractivity contribution in [1.82, 2.24) is 10.1 Å². The summed E-state index contributed by atoms with van der Waals surface area (Å²) in [4.78, 5) is 3.97. The van der Waals surface area contributed by atoms with Gasteiger partial charge in [-0.1, -0.05) is 22.8 Å². The van der Waals surface area contributed by atoms with Crippen LogP contribution in [0.15, 0.2) is 22.7 Å². The van der Waals surface area contributed by atoms with Crippen LogP contribution < -0.4 is 5.73 Å². The molecule has 0 saturated heterocycles. The van der Waals surface area contributed by atoms with E-state index in [9.17, 15) is 4.39 Å². The van der Waals surface area contributed by atoms with Crippen LogP contribution in [-0.4, -0.2) is 10.1 Å². The summed E-state index contributed by atoms with van der Waals surface area (Å²) in [5, 5.41) is 3.87. The zero-order valence-electron chi connectivity index (χ0n) is 8.45. The van der Waals surface area contributed by atoms with Crippen LogP contribution >= 0.6 is 11.6 Å². The molecular formula is C10H9ClFN3O. The zero-order valence-corrected chi connectivity index (χ0v) is 9.20. The van der Waals surface area contributed by atoms with E-state index in [1.54, 1.807) is 13.0 Å². The molecule has 84 valence electrons. The lowest BCUT2D eigenvalue weighted by Crippen LogP contribution is -2.04. The van der Waals surface area contributed by atoms with Crippen LogP contribution in [0, 0.1) is 5.82 Å². The van der Waals surface area contributed by atoms with Crippen molar-refractivity contribution in [3.63, 3.8) is 0 Å². The van der Waals surface area contributed by atoms with Gasteiger partial charge >= 0.3 is 0 Å². The summed E-state index contributed by atoms with van der Waals surface area (Å²) >= 11 is 5.86. The van der Waals surface area contributed by atoms with Gasteiger partial charge in [0.1, 0.15) is 5.82 Å². The van der Waals surface area contributed by atoms with Crippen molar-refractivity contribution in [3.8, 4) is 11.4 Å². The number of nitrogens with two attached hydrogens (primary N) is 1. The third kappa shape index (κ3) is 1.91. The summed E-state index contributed by atoms with van der Waals surface area (Å²) in [6.07, 6.45) is 0. The lowest BCUT2D eigenvalue weighted by Gasteiger charge is -1.99. The van der Waals surface area contributed by atoms with Gasteiger partial charge in [-0.15, -0.1) is 0 Å². The topological polar surface area (TPSA) is 64.9 Å². The maximum Gasteiger partial charge on any atom is 0.243 e. The smallest absolute Gasteiger partial charge is 0.243 e. The highest BCUT2D eigenvalue weighted by atomic mass is 35.5. The molecule has 0 aliphatic rings. The summed E-state index contributed by atoms with van der Waals surface area (Å²) in [5.41, 5.74) is 5.68. The molecule has 0 bridgehead atoms. The summed E-state index contributed by atoms with van der Waals surface area (Å²) in [6, 6.07) is 3.95. The second-order valence-electron chi connectivity index (χ2n) is 3.34. The molecule has 2 N–H and O–H groups in total. The molecule has 4 nitrogen and oxygen atoms in total. The Labute approximate surface area is 96.2 Å². The van der Waals surface area contributed by atoms with E-state index in [0.29, 0.717) is 0 Å². The summed E-state index contributed by atoms with van der Waals surface area (Å²) < 4.78 is 18.4. The number of nitrogens with zero attached hydrogens (tertiary/aromatic N) is 2. The van der Waals surface area contributed by atoms with Crippen molar-refractivity contribution in [1.29, 1.82) is 0 Å². The summed E-state index contributed by atoms with van der Waals surface area (Å²) in [7, 11) is 0. The molecule has 6 heteroatoms. The predicted molar refractivity (Wildman–Crippen MR) is 57.3 cm³/mol. The van der Waals surface area contributed by atoms with Crippen LogP contribution in [0.25, 0.3) is 11.4 Å². The monoisotopic (exact) mass is 241 g/mol. The Morgan fingerprint density at radius 3 is 2.81 bits per heavy atom. The fourth-order valence-electron chi connectivity index (χ4n) is 1.23. The molecular weight excluding hydrogens is 233 g/mol. The molecule has 0 radical (unpaired) electrons. The molecule has 0 amide bonds. The third-order valence-corrected chi connectivity index (χ3v) is 2.33. The van der Waals surface area contributed by atoms with E-state index >= 15 is 0 Å². The first-order chi connectivity index (χ1) is 7.59. The average Bonchev–Trinajstić information content (AvgIpc) is 2.66. The molecule has 2 rings (SSSR count). The van der Waals surface area contributed by atoms with Gasteiger partial charge in [0.05, 0.1) is 16.6 Å². The van der Waals surface area contributed by atoms with Gasteiger partial charge in [-0.25, -0.2) is 4.39 Å². The lowest BCUT2D eigenvalue weighted by atomic mass is 10.2. The van der Waals surface area contributed by atoms with Gasteiger partial charge in [0, 0.05) is 0 Å². The van der Waals surface area contributed by atoms with E-state index in [1.165, 1.54) is 12.1 Å². The molecule has 2 aromatic rings. The van der Waals surface area contributed by atoms with Gasteiger partial charge in [-0.2, -0.15) is 4.98 Å². The second kappa shape index (κ2) is 4.19. The van der Waals surface area contributed by atoms with Gasteiger partial charge in [-0.05, 0) is 19.1 Å². The Morgan fingerprint density at radius 2 is 2.25 bits per heavy atom. The highest BCUT2D eigenvalue weighted by Gasteiger charge is 2.17. The van der Waals surface area contributed by atoms with Crippen LogP contribution in [0.2, 0.25) is 5.02 Å². The van der Waals surface area contributed by atoms with Gasteiger partial charge in [0.25, 0.3) is 0 Å². The van der Waals surface area contributed by atoms with Gasteiger partial charge < -0.3 is 10.3 Å². The van der Waals surface area contributed by atoms with Crippen LogP contribution in [0.5, 0.6) is 0 Å². The lowest BCUT2D eigenvalue weighted by molar-refractivity contribution is 0.362. The molecule has 0 spiro atoms. The number of rotatable bonds is 2. The highest BCUT2D eigenvalue weighted by Crippen LogP contribution is 2.28. The van der Waals surface area contributed by atoms with Crippen LogP contribution in [-0.2, 0) is 0 Å². The van der Waals surface area contributed by atoms with Crippen molar-refractivity contribution in [2.45, 2.75) is 13.0 Å². The van der Waals surface area contributed by atoms with E-state index in [4.69, 9.17) is 21.9 Å². The predicted octanol–water partition coefficient (Wildman–Crippen LogP) is 2.55. The first kappa shape index (κ1) is 11.0. The van der Waals surface area contributed by atoms with Crippen LogP contribution in [0.1, 0.15) is 18.9 Å². The van der Waals surface area contributed by atoms with Crippen molar-refractivity contribution in [3.05, 3.63) is 34.9 Å². The van der Waals surface area contributed by atoms with Crippen molar-refractivity contribution in [2.24, 2.45) is 5.73 Å². The number of hydrogen-bond donors (Lipinski definition) is 1. The van der Waals surface area contributed by atoms with E-state index in [-0.39, 0.29) is 22.3 Å². The first-order valence-electron chi connectivity index (χ1n) is 4.63. The highest BCUT2D eigenvalue weighted by molar-refractivity contribution is 6.33. The molecule has 0 aliphatic carbocycles. The average molecular weight is 242 g/mol. The largest absolute Gasteiger partial charge is 0.337 e. The maximum absolute atomic E-state index is 13.5. The van der Waals surface area contributed by atoms with Gasteiger partial charge in [-0.3, -0.25) is 0 Å². The zero-order chi connectivity index (χ0) is 11.7. The van der Waals surface area contributed by atoms with Gasteiger partial charge in [0.15, 0.2) is 0 Å². The minimum absolute atomic E-state index is 0.107. The molecule has 1 aromatic carbocycles. The van der Waals surface area contributed by atoms with E-state index in [2.05, 4.69) is 10.1 Å². The molecule has 1 heterocycles. The quantitative estimate of drug-likeness (QED) is 0.878. The molecule has 1 unspecified atom stereocenters. The standard InChI is InChI=1S/C10H9ClFN3O/c1-5(13)10-14-9(15-16-10)8-6(11)3-2-4-7(8)12/h2-5H,13H2,1H3. The Kier molecular flexibility index (Phi) is 2.89. The van der Waals surface area contributed by atoms with E-state index in [1.807, 2.05) is 0 Å². The summed E-state index contributed by atoms with van der Waals surface area (Å²) in [6.45, 7) is 1.69. The van der Waals surface area contributed by atoms with Crippen LogP contribution in [0.4, 0.5) is 4.39 Å². The van der Waals surface area contributed by atoms with E-state index in [0.717, 1.165) is 0 Å². The normalized spacial score (nSPS) is 12.8. The van der Waals surface area contributed by atoms with Crippen molar-refractivity contribution < 1.29 is 8.91 Å². The molecule has 0 fully saturated rings. The van der Waals surface area contributed by atoms with Crippen molar-refractivity contribution in [2.75, 3.05) is 0 Å². The third-order valence-electron chi connectivity index (χ3n) is 2.02. The van der Waals surface area contributed by atoms with Crippen molar-refractivity contribution >= 4 is 11.6 Å². The Hall–Kier alpha value is -1.46. The number of hydrogen-bond acceptors (Lipinski definition) is 4. The number of aromatic nitrogens is 2. The SMILES string of the molecule is CC(N)c1nc(-c2c(F)cccc2Cl)no1. The first-order valence-corrected chi connectivity index (χ1v) is 5.01. The minimum Gasteiger partial charge on any atom is -0.337 e. The maximum atomic E-state index is 13.5.